The van der Waals surface area contributed by atoms with Crippen molar-refractivity contribution in [3.8, 4) is 0 Å². The fourth-order valence-corrected chi connectivity index (χ4v) is 0.492. The van der Waals surface area contributed by atoms with Crippen LogP contribution in [0.25, 0.3) is 0 Å². The third kappa shape index (κ3) is 5.76. The van der Waals surface area contributed by atoms with Crippen molar-refractivity contribution in [1.82, 2.24) is 0 Å². The van der Waals surface area contributed by atoms with Gasteiger partial charge in [-0.15, -0.1) is 0 Å². The van der Waals surface area contributed by atoms with E-state index >= 15 is 0 Å². The maximum Gasteiger partial charge on any atom is 0.190 e. The summed E-state index contributed by atoms with van der Waals surface area (Å²) in [5, 5.41) is 1.90. The van der Waals surface area contributed by atoms with Crippen molar-refractivity contribution in [1.29, 1.82) is 0 Å². The molecule has 0 aromatic rings. The van der Waals surface area contributed by atoms with E-state index in [1.54, 1.807) is 12.3 Å². The van der Waals surface area contributed by atoms with E-state index in [1.165, 1.54) is 11.8 Å². The highest BCUT2D eigenvalue weighted by molar-refractivity contribution is 8.16. The topological polar surface area (TPSA) is 17.1 Å². The van der Waals surface area contributed by atoms with Gasteiger partial charge in [0.05, 0.1) is 0 Å². The zero-order valence-corrected chi connectivity index (χ0v) is 5.29. The molecule has 40 valence electrons. The molecule has 0 N–H and O–H groups in total. The molecular weight excluding hydrogens is 108 g/mol. The van der Waals surface area contributed by atoms with E-state index in [1.807, 2.05) is 13.0 Å². The summed E-state index contributed by atoms with van der Waals surface area (Å²) in [4.78, 5) is 10.1. The van der Waals surface area contributed by atoms with Crippen LogP contribution in [0.5, 0.6) is 0 Å². The molecule has 0 aliphatic carbocycles. The van der Waals surface area contributed by atoms with Crippen molar-refractivity contribution in [3.63, 3.8) is 0 Å². The van der Waals surface area contributed by atoms with Crippen molar-refractivity contribution >= 4 is 16.9 Å². The summed E-state index contributed by atoms with van der Waals surface area (Å²) < 4.78 is 0. The number of carbonyl (C=O) groups excluding carboxylic acids is 1. The second-order valence-electron chi connectivity index (χ2n) is 1.08. The Morgan fingerprint density at radius 3 is 2.43 bits per heavy atom. The molecule has 0 aliphatic heterocycles. The van der Waals surface area contributed by atoms with E-state index < -0.39 is 0 Å². The summed E-state index contributed by atoms with van der Waals surface area (Å²) in [6.45, 7) is 3.43. The number of allylic oxidation sites excluding steroid dienone is 1. The molecule has 0 radical (unpaired) electrons. The number of hydrogen-bond acceptors (Lipinski definition) is 2. The molecule has 0 aromatic carbocycles. The van der Waals surface area contributed by atoms with Gasteiger partial charge in [0, 0.05) is 6.92 Å². The monoisotopic (exact) mass is 116 g/mol. The van der Waals surface area contributed by atoms with E-state index in [-0.39, 0.29) is 5.12 Å². The van der Waals surface area contributed by atoms with Crippen LogP contribution < -0.4 is 0 Å². The first-order valence-electron chi connectivity index (χ1n) is 2.05. The molecule has 0 aromatic heterocycles. The number of carbonyl (C=O) groups is 1. The van der Waals surface area contributed by atoms with Gasteiger partial charge in [0.25, 0.3) is 0 Å². The Morgan fingerprint density at radius 1 is 1.71 bits per heavy atom. The van der Waals surface area contributed by atoms with Gasteiger partial charge in [-0.3, -0.25) is 4.79 Å². The number of rotatable bonds is 1. The summed E-state index contributed by atoms with van der Waals surface area (Å²) in [6.07, 6.45) is 1.84. The Morgan fingerprint density at radius 2 is 2.29 bits per heavy atom. The maximum atomic E-state index is 10.1. The minimum Gasteiger partial charge on any atom is -0.287 e. The summed E-state index contributed by atoms with van der Waals surface area (Å²) in [7, 11) is 0. The van der Waals surface area contributed by atoms with Gasteiger partial charge in [0.15, 0.2) is 5.12 Å². The first-order valence-corrected chi connectivity index (χ1v) is 2.93. The Balaban J connectivity index is 3.14. The lowest BCUT2D eigenvalue weighted by atomic mass is 10.8. The van der Waals surface area contributed by atoms with E-state index in [2.05, 4.69) is 0 Å². The highest BCUT2D eigenvalue weighted by Gasteiger charge is 1.82. The summed E-state index contributed by atoms with van der Waals surface area (Å²) in [5.74, 6) is 0. The molecule has 1 nitrogen and oxygen atoms in total. The highest BCUT2D eigenvalue weighted by atomic mass is 32.2. The molecule has 0 spiro atoms. The van der Waals surface area contributed by atoms with Crippen LogP contribution in [0.4, 0.5) is 0 Å². The Kier molecular flexibility index (Phi) is 3.80. The molecule has 7 heavy (non-hydrogen) atoms. The van der Waals surface area contributed by atoms with Gasteiger partial charge in [0.2, 0.25) is 0 Å². The zero-order valence-electron chi connectivity index (χ0n) is 4.47. The van der Waals surface area contributed by atoms with Gasteiger partial charge in [-0.05, 0) is 12.3 Å². The lowest BCUT2D eigenvalue weighted by Gasteiger charge is -1.77. The summed E-state index contributed by atoms with van der Waals surface area (Å²) in [5.41, 5.74) is 0. The van der Waals surface area contributed by atoms with Gasteiger partial charge >= 0.3 is 0 Å². The Bertz CT molecular complexity index is 86.1. The van der Waals surface area contributed by atoms with Gasteiger partial charge in [-0.2, -0.15) is 0 Å². The third-order valence-corrected chi connectivity index (χ3v) is 1.11. The lowest BCUT2D eigenvalue weighted by molar-refractivity contribution is -0.109. The van der Waals surface area contributed by atoms with Crippen molar-refractivity contribution in [2.24, 2.45) is 0 Å². The van der Waals surface area contributed by atoms with E-state index in [0.29, 0.717) is 0 Å². The largest absolute Gasteiger partial charge is 0.287 e. The molecule has 0 aliphatic rings. The lowest BCUT2D eigenvalue weighted by Crippen LogP contribution is -1.72. The quantitative estimate of drug-likeness (QED) is 0.519. The highest BCUT2D eigenvalue weighted by Crippen LogP contribution is 2.00. The fourth-order valence-electron chi connectivity index (χ4n) is 0.164. The Labute approximate surface area is 47.8 Å². The SMILES string of the molecule is C/C=C/SC(C)=O. The standard InChI is InChI=1S/C5H8OS/c1-3-4-7-5(2)6/h3-4H,1-2H3/b4-3+. The average molecular weight is 116 g/mol. The van der Waals surface area contributed by atoms with Crippen molar-refractivity contribution < 1.29 is 4.79 Å². The Hall–Kier alpha value is -0.240. The first kappa shape index (κ1) is 6.76. The third-order valence-electron chi connectivity index (χ3n) is 0.370. The normalized spacial score (nSPS) is 10.0. The second-order valence-corrected chi connectivity index (χ2v) is 2.16. The number of hydrogen-bond donors (Lipinski definition) is 0. The van der Waals surface area contributed by atoms with Crippen molar-refractivity contribution in [2.45, 2.75) is 13.8 Å². The fraction of sp³-hybridized carbons (Fsp3) is 0.400. The minimum absolute atomic E-state index is 0.137. The minimum atomic E-state index is 0.137. The molecule has 0 amide bonds. The van der Waals surface area contributed by atoms with Crippen LogP contribution in [-0.4, -0.2) is 5.12 Å². The second kappa shape index (κ2) is 3.93. The van der Waals surface area contributed by atoms with Gasteiger partial charge in [-0.1, -0.05) is 17.8 Å². The predicted molar refractivity (Wildman–Crippen MR) is 33.1 cm³/mol. The molecule has 0 bridgehead atoms. The average Bonchev–Trinajstić information content (AvgIpc) is 1.61. The molecule has 0 saturated carbocycles. The van der Waals surface area contributed by atoms with Crippen molar-refractivity contribution in [3.05, 3.63) is 11.5 Å². The molecule has 0 unspecified atom stereocenters. The van der Waals surface area contributed by atoms with Crippen molar-refractivity contribution in [2.75, 3.05) is 0 Å². The van der Waals surface area contributed by atoms with Gasteiger partial charge in [-0.25, -0.2) is 0 Å². The molecule has 0 heterocycles. The van der Waals surface area contributed by atoms with Crippen LogP contribution in [0, 0.1) is 0 Å². The molecular formula is C5H8OS. The van der Waals surface area contributed by atoms with Crippen LogP contribution in [0.15, 0.2) is 11.5 Å². The van der Waals surface area contributed by atoms with E-state index in [9.17, 15) is 4.79 Å². The summed E-state index contributed by atoms with van der Waals surface area (Å²) >= 11 is 1.21. The van der Waals surface area contributed by atoms with E-state index in [0.717, 1.165) is 0 Å². The molecule has 0 fully saturated rings. The van der Waals surface area contributed by atoms with E-state index in [4.69, 9.17) is 0 Å². The van der Waals surface area contributed by atoms with Crippen LogP contribution in [0.3, 0.4) is 0 Å². The van der Waals surface area contributed by atoms with Crippen LogP contribution in [-0.2, 0) is 4.79 Å². The van der Waals surface area contributed by atoms with Gasteiger partial charge < -0.3 is 0 Å². The zero-order chi connectivity index (χ0) is 5.70. The maximum absolute atomic E-state index is 10.1. The van der Waals surface area contributed by atoms with Crippen LogP contribution in [0.1, 0.15) is 13.8 Å². The van der Waals surface area contributed by atoms with Gasteiger partial charge in [0.1, 0.15) is 0 Å². The molecule has 0 saturated heterocycles. The number of thioether (sulfide) groups is 1. The summed E-state index contributed by atoms with van der Waals surface area (Å²) in [6, 6.07) is 0. The van der Waals surface area contributed by atoms with Crippen LogP contribution in [0.2, 0.25) is 0 Å². The predicted octanol–water partition coefficient (Wildman–Crippen LogP) is 1.80. The first-order chi connectivity index (χ1) is 3.27. The smallest absolute Gasteiger partial charge is 0.190 e. The molecule has 0 atom stereocenters. The van der Waals surface area contributed by atoms with Crippen LogP contribution >= 0.6 is 11.8 Å². The molecule has 2 heteroatoms. The molecule has 0 rings (SSSR count).